The number of hydrogen-bond acceptors (Lipinski definition) is 5. The number of rotatable bonds is 5. The van der Waals surface area contributed by atoms with Crippen LogP contribution in [0.4, 0.5) is 10.1 Å². The summed E-state index contributed by atoms with van der Waals surface area (Å²) in [6.07, 6.45) is 0. The Bertz CT molecular complexity index is 1300. The lowest BCUT2D eigenvalue weighted by atomic mass is 9.78. The molecule has 3 aromatic carbocycles. The summed E-state index contributed by atoms with van der Waals surface area (Å²) in [6, 6.07) is 16.6. The highest BCUT2D eigenvalue weighted by atomic mass is 35.5. The number of nitrogens with one attached hydrogen (secondary N) is 2. The van der Waals surface area contributed by atoms with Gasteiger partial charge in [-0.15, -0.1) is 0 Å². The minimum Gasteiger partial charge on any atom is -0.487 e. The first-order chi connectivity index (χ1) is 16.3. The second kappa shape index (κ2) is 8.38. The number of nitrogens with zero attached hydrogens (tertiary/aromatic N) is 1. The molecule has 5 rings (SSSR count). The minimum absolute atomic E-state index is 0.00921. The van der Waals surface area contributed by atoms with Gasteiger partial charge < -0.3 is 10.1 Å². The van der Waals surface area contributed by atoms with Crippen LogP contribution in [0.25, 0.3) is 0 Å². The van der Waals surface area contributed by atoms with E-state index < -0.39 is 29.4 Å². The van der Waals surface area contributed by atoms with E-state index in [1.54, 1.807) is 60.7 Å². The molecular formula is C25H21ClFN3O4. The van der Waals surface area contributed by atoms with Crippen LogP contribution in [0.1, 0.15) is 29.5 Å². The number of carbonyl (C=O) groups is 1. The number of hydrogen-bond donors (Lipinski definition) is 2. The van der Waals surface area contributed by atoms with E-state index in [0.717, 1.165) is 0 Å². The van der Waals surface area contributed by atoms with E-state index in [1.807, 2.05) is 6.92 Å². The highest BCUT2D eigenvalue weighted by Crippen LogP contribution is 2.50. The Hall–Kier alpha value is -3.49. The summed E-state index contributed by atoms with van der Waals surface area (Å²) in [6.45, 7) is 1.81. The molecule has 0 aromatic heterocycles. The first-order valence-electron chi connectivity index (χ1n) is 10.8. The molecule has 0 aliphatic carbocycles. The van der Waals surface area contributed by atoms with Crippen molar-refractivity contribution in [2.45, 2.75) is 37.1 Å². The topological polar surface area (TPSA) is 93.5 Å². The number of amides is 1. The van der Waals surface area contributed by atoms with Gasteiger partial charge in [-0.25, -0.2) is 4.39 Å². The summed E-state index contributed by atoms with van der Waals surface area (Å²) in [7, 11) is 0. The van der Waals surface area contributed by atoms with Crippen molar-refractivity contribution in [2.24, 2.45) is 0 Å². The smallest absolute Gasteiger partial charge is 0.256 e. The van der Waals surface area contributed by atoms with Crippen molar-refractivity contribution < 1.29 is 18.8 Å². The summed E-state index contributed by atoms with van der Waals surface area (Å²) in [5.74, 6) is -1.12. The van der Waals surface area contributed by atoms with Crippen molar-refractivity contribution >= 4 is 23.2 Å². The standard InChI is InChI=1S/C25H21ClFN3O4/c1-14-22(15-10-11-21(18(26)12-15)34-13-16-6-2-4-8-19(16)27)23(30(32)33)25(29-14)17-7-3-5-9-20(17)28-24(25)31/h2-12,14,22-23,29H,13H2,1H3,(H,28,31)/t14-,22+,23-,25-/m0/s1. The van der Waals surface area contributed by atoms with Gasteiger partial charge in [-0.3, -0.25) is 20.2 Å². The van der Waals surface area contributed by atoms with Crippen LogP contribution in [0.15, 0.2) is 66.7 Å². The van der Waals surface area contributed by atoms with Crippen LogP contribution < -0.4 is 15.4 Å². The molecule has 2 aliphatic rings. The maximum atomic E-state index is 13.9. The molecule has 0 radical (unpaired) electrons. The number of benzene rings is 3. The normalized spacial score (nSPS) is 25.3. The fourth-order valence-electron chi connectivity index (χ4n) is 5.17. The maximum absolute atomic E-state index is 13.9. The predicted molar refractivity (Wildman–Crippen MR) is 125 cm³/mol. The lowest BCUT2D eigenvalue weighted by molar-refractivity contribution is -0.532. The molecule has 34 heavy (non-hydrogen) atoms. The Morgan fingerprint density at radius 1 is 1.15 bits per heavy atom. The molecular weight excluding hydrogens is 461 g/mol. The van der Waals surface area contributed by atoms with Gasteiger partial charge in [0.05, 0.1) is 10.9 Å². The molecule has 2 N–H and O–H groups in total. The molecule has 0 bridgehead atoms. The van der Waals surface area contributed by atoms with Crippen LogP contribution in [0.5, 0.6) is 5.75 Å². The van der Waals surface area contributed by atoms with Gasteiger partial charge in [-0.05, 0) is 36.8 Å². The van der Waals surface area contributed by atoms with Gasteiger partial charge in [0, 0.05) is 27.8 Å². The molecule has 2 heterocycles. The fraction of sp³-hybridized carbons (Fsp3) is 0.240. The third kappa shape index (κ3) is 3.41. The van der Waals surface area contributed by atoms with Crippen molar-refractivity contribution in [3.63, 3.8) is 0 Å². The first-order valence-corrected chi connectivity index (χ1v) is 11.2. The van der Waals surface area contributed by atoms with Gasteiger partial charge in [0.1, 0.15) is 18.2 Å². The Balaban J connectivity index is 1.48. The van der Waals surface area contributed by atoms with Gasteiger partial charge in [0.2, 0.25) is 0 Å². The third-order valence-corrected chi connectivity index (χ3v) is 6.94. The van der Waals surface area contributed by atoms with Crippen LogP contribution in [0, 0.1) is 15.9 Å². The van der Waals surface area contributed by atoms with Gasteiger partial charge in [-0.2, -0.15) is 0 Å². The average Bonchev–Trinajstić information content (AvgIpc) is 3.28. The van der Waals surface area contributed by atoms with Crippen molar-refractivity contribution in [2.75, 3.05) is 5.32 Å². The summed E-state index contributed by atoms with van der Waals surface area (Å²) in [4.78, 5) is 25.1. The molecule has 174 valence electrons. The second-order valence-electron chi connectivity index (χ2n) is 8.57. The minimum atomic E-state index is -1.49. The summed E-state index contributed by atoms with van der Waals surface area (Å²) in [5, 5.41) is 18.6. The predicted octanol–water partition coefficient (Wildman–Crippen LogP) is 4.63. The molecule has 2 aliphatic heterocycles. The molecule has 0 saturated carbocycles. The number of ether oxygens (including phenoxy) is 1. The van der Waals surface area contributed by atoms with E-state index in [9.17, 15) is 19.3 Å². The Kier molecular flexibility index (Phi) is 5.50. The van der Waals surface area contributed by atoms with Gasteiger partial charge in [0.25, 0.3) is 11.9 Å². The molecule has 1 fully saturated rings. The van der Waals surface area contributed by atoms with Gasteiger partial charge in [-0.1, -0.05) is 54.1 Å². The molecule has 1 saturated heterocycles. The van der Waals surface area contributed by atoms with Crippen LogP contribution in [0.2, 0.25) is 5.02 Å². The van der Waals surface area contributed by atoms with Crippen molar-refractivity contribution in [1.82, 2.24) is 5.32 Å². The molecule has 0 unspecified atom stereocenters. The molecule has 3 aromatic rings. The van der Waals surface area contributed by atoms with Gasteiger partial charge >= 0.3 is 0 Å². The fourth-order valence-corrected chi connectivity index (χ4v) is 5.41. The molecule has 9 heteroatoms. The Morgan fingerprint density at radius 2 is 1.88 bits per heavy atom. The average molecular weight is 482 g/mol. The highest BCUT2D eigenvalue weighted by molar-refractivity contribution is 6.32. The monoisotopic (exact) mass is 481 g/mol. The summed E-state index contributed by atoms with van der Waals surface area (Å²) in [5.41, 5.74) is 0.634. The number of para-hydroxylation sites is 1. The zero-order chi connectivity index (χ0) is 24.0. The number of nitro groups is 1. The summed E-state index contributed by atoms with van der Waals surface area (Å²) < 4.78 is 19.6. The second-order valence-corrected chi connectivity index (χ2v) is 8.97. The number of fused-ring (bicyclic) bond motifs is 2. The van der Waals surface area contributed by atoms with Crippen molar-refractivity contribution in [3.8, 4) is 5.75 Å². The van der Waals surface area contributed by atoms with Gasteiger partial charge in [0.15, 0.2) is 5.54 Å². The molecule has 1 amide bonds. The maximum Gasteiger partial charge on any atom is 0.256 e. The van der Waals surface area contributed by atoms with Crippen LogP contribution in [-0.4, -0.2) is 22.9 Å². The van der Waals surface area contributed by atoms with Crippen LogP contribution in [-0.2, 0) is 16.9 Å². The first kappa shape index (κ1) is 22.3. The lowest BCUT2D eigenvalue weighted by Crippen LogP contribution is -2.54. The van der Waals surface area contributed by atoms with E-state index in [2.05, 4.69) is 10.6 Å². The van der Waals surface area contributed by atoms with E-state index in [1.165, 1.54) is 6.07 Å². The lowest BCUT2D eigenvalue weighted by Gasteiger charge is -2.25. The van der Waals surface area contributed by atoms with E-state index in [0.29, 0.717) is 28.1 Å². The third-order valence-electron chi connectivity index (χ3n) is 6.65. The number of anilines is 1. The SMILES string of the molecule is C[C@@H]1N[C@]2(C(=O)Nc3ccccc32)[C@@H]([N+](=O)[O-])[C@H]1c1ccc(OCc2ccccc2F)c(Cl)c1. The molecule has 7 nitrogen and oxygen atoms in total. The zero-order valence-corrected chi connectivity index (χ0v) is 18.9. The number of carbonyl (C=O) groups excluding carboxylic acids is 1. The van der Waals surface area contributed by atoms with Crippen molar-refractivity contribution in [1.29, 1.82) is 0 Å². The quantitative estimate of drug-likeness (QED) is 0.409. The molecule has 1 spiro atoms. The molecule has 4 atom stereocenters. The Morgan fingerprint density at radius 3 is 2.62 bits per heavy atom. The van der Waals surface area contributed by atoms with Crippen molar-refractivity contribution in [3.05, 3.63) is 104 Å². The highest BCUT2D eigenvalue weighted by Gasteiger charge is 2.67. The summed E-state index contributed by atoms with van der Waals surface area (Å²) >= 11 is 6.46. The Labute approximate surface area is 200 Å². The van der Waals surface area contributed by atoms with Crippen LogP contribution in [0.3, 0.4) is 0 Å². The van der Waals surface area contributed by atoms with E-state index in [4.69, 9.17) is 16.3 Å². The zero-order valence-electron chi connectivity index (χ0n) is 18.1. The van der Waals surface area contributed by atoms with Crippen LogP contribution >= 0.6 is 11.6 Å². The largest absolute Gasteiger partial charge is 0.487 e. The number of halogens is 2. The van der Waals surface area contributed by atoms with E-state index >= 15 is 0 Å². The van der Waals surface area contributed by atoms with E-state index in [-0.39, 0.29) is 22.4 Å².